The molecule has 0 aliphatic carbocycles. The van der Waals surface area contributed by atoms with Gasteiger partial charge < -0.3 is 10.2 Å². The number of carbonyl (C=O) groups excluding carboxylic acids is 2. The van der Waals surface area contributed by atoms with E-state index in [9.17, 15) is 9.59 Å². The van der Waals surface area contributed by atoms with E-state index >= 15 is 0 Å². The van der Waals surface area contributed by atoms with Crippen molar-refractivity contribution in [3.63, 3.8) is 0 Å². The highest BCUT2D eigenvalue weighted by Crippen LogP contribution is 2.14. The summed E-state index contributed by atoms with van der Waals surface area (Å²) in [5.74, 6) is 0.0739. The van der Waals surface area contributed by atoms with Gasteiger partial charge in [0.25, 0.3) is 0 Å². The lowest BCUT2D eigenvalue weighted by Crippen LogP contribution is -2.45. The fourth-order valence-electron chi connectivity index (χ4n) is 1.35. The Balaban J connectivity index is 4.42. The van der Waals surface area contributed by atoms with Gasteiger partial charge >= 0.3 is 0 Å². The summed E-state index contributed by atoms with van der Waals surface area (Å²) in [7, 11) is 0. The third-order valence-electron chi connectivity index (χ3n) is 2.30. The van der Waals surface area contributed by atoms with Crippen LogP contribution < -0.4 is 5.32 Å². The number of nitrogens with one attached hydrogen (secondary N) is 1. The zero-order chi connectivity index (χ0) is 13.6. The average molecular weight is 307 g/mol. The molecule has 0 rings (SSSR count). The van der Waals surface area contributed by atoms with Gasteiger partial charge in [-0.3, -0.25) is 9.59 Å². The van der Waals surface area contributed by atoms with Crippen LogP contribution in [-0.2, 0) is 9.59 Å². The number of carbonyl (C=O) groups is 2. The molecule has 4 nitrogen and oxygen atoms in total. The predicted octanol–water partition coefficient (Wildman–Crippen LogP) is 1.78. The van der Waals surface area contributed by atoms with Gasteiger partial charge in [0.2, 0.25) is 11.8 Å². The van der Waals surface area contributed by atoms with Crippen molar-refractivity contribution in [1.29, 1.82) is 0 Å². The minimum absolute atomic E-state index is 0.0265. The Labute approximate surface area is 112 Å². The first-order chi connectivity index (χ1) is 7.79. The normalized spacial score (nSPS) is 12.7. The van der Waals surface area contributed by atoms with Crippen LogP contribution in [-0.4, -0.2) is 40.7 Å². The second-order valence-electron chi connectivity index (χ2n) is 4.72. The van der Waals surface area contributed by atoms with Gasteiger partial charge in [-0.1, -0.05) is 29.8 Å². The van der Waals surface area contributed by atoms with Crippen molar-refractivity contribution in [2.75, 3.05) is 13.1 Å². The van der Waals surface area contributed by atoms with Crippen LogP contribution in [0.15, 0.2) is 0 Å². The number of nitrogens with zero attached hydrogens (tertiary/aromatic N) is 1. The molecule has 1 N–H and O–H groups in total. The first-order valence-electron chi connectivity index (χ1n) is 6.01. The van der Waals surface area contributed by atoms with Gasteiger partial charge in [0.05, 0.1) is 11.4 Å². The molecule has 2 amide bonds. The summed E-state index contributed by atoms with van der Waals surface area (Å²) in [5, 5.41) is 2.78. The predicted molar refractivity (Wildman–Crippen MR) is 73.1 cm³/mol. The summed E-state index contributed by atoms with van der Waals surface area (Å²) in [5.41, 5.74) is 0. The summed E-state index contributed by atoms with van der Waals surface area (Å²) < 4.78 is 0. The highest BCUT2D eigenvalue weighted by Gasteiger charge is 2.25. The maximum absolute atomic E-state index is 12.0. The van der Waals surface area contributed by atoms with E-state index in [0.29, 0.717) is 6.54 Å². The van der Waals surface area contributed by atoms with Crippen LogP contribution in [0.3, 0.4) is 0 Å². The Morgan fingerprint density at radius 1 is 1.24 bits per heavy atom. The Hall–Kier alpha value is -0.580. The van der Waals surface area contributed by atoms with Crippen molar-refractivity contribution >= 4 is 27.7 Å². The van der Waals surface area contributed by atoms with Crippen molar-refractivity contribution in [1.82, 2.24) is 10.2 Å². The van der Waals surface area contributed by atoms with Crippen molar-refractivity contribution in [2.45, 2.75) is 45.5 Å². The molecule has 0 aromatic carbocycles. The molecule has 0 spiro atoms. The lowest BCUT2D eigenvalue weighted by atomic mass is 10.1. The monoisotopic (exact) mass is 306 g/mol. The van der Waals surface area contributed by atoms with Crippen molar-refractivity contribution < 1.29 is 9.59 Å². The highest BCUT2D eigenvalue weighted by molar-refractivity contribution is 9.10. The van der Waals surface area contributed by atoms with Crippen LogP contribution >= 0.6 is 15.9 Å². The van der Waals surface area contributed by atoms with Crippen molar-refractivity contribution in [2.24, 2.45) is 5.92 Å². The number of halogens is 1. The van der Waals surface area contributed by atoms with Crippen molar-refractivity contribution in [3.8, 4) is 0 Å². The second-order valence-corrected chi connectivity index (χ2v) is 5.71. The van der Waals surface area contributed by atoms with E-state index < -0.39 is 0 Å². The average Bonchev–Trinajstić information content (AvgIpc) is 2.22. The summed E-state index contributed by atoms with van der Waals surface area (Å²) in [6.45, 7) is 10.3. The number of hydrogen-bond acceptors (Lipinski definition) is 2. The van der Waals surface area contributed by atoms with Gasteiger partial charge in [-0.15, -0.1) is 0 Å². The Morgan fingerprint density at radius 2 is 1.76 bits per heavy atom. The molecule has 100 valence electrons. The van der Waals surface area contributed by atoms with E-state index in [1.54, 1.807) is 4.90 Å². The second kappa shape index (κ2) is 7.69. The standard InChI is InChI=1S/C12H23BrN2O2/c1-6-15(7-10(16)14-9(4)5)12(17)11(13)8(2)3/h8-9,11H,6-7H2,1-5H3,(H,14,16). The number of rotatable bonds is 6. The molecule has 0 saturated carbocycles. The van der Waals surface area contributed by atoms with Gasteiger partial charge in [-0.05, 0) is 26.7 Å². The van der Waals surface area contributed by atoms with Crippen LogP contribution in [0.5, 0.6) is 0 Å². The number of alkyl halides is 1. The quantitative estimate of drug-likeness (QED) is 0.761. The minimum atomic E-state index is -0.228. The Kier molecular flexibility index (Phi) is 7.43. The lowest BCUT2D eigenvalue weighted by Gasteiger charge is -2.25. The molecule has 0 saturated heterocycles. The van der Waals surface area contributed by atoms with Crippen LogP contribution in [0.4, 0.5) is 0 Å². The van der Waals surface area contributed by atoms with Gasteiger partial charge in [0, 0.05) is 12.6 Å². The van der Waals surface area contributed by atoms with Gasteiger partial charge in [0.1, 0.15) is 0 Å². The fourth-order valence-corrected chi connectivity index (χ4v) is 1.64. The van der Waals surface area contributed by atoms with E-state index in [1.165, 1.54) is 0 Å². The molecular formula is C12H23BrN2O2. The molecule has 0 aliphatic rings. The van der Waals surface area contributed by atoms with Gasteiger partial charge in [-0.25, -0.2) is 0 Å². The maximum Gasteiger partial charge on any atom is 0.239 e. The number of likely N-dealkylation sites (N-methyl/N-ethyl adjacent to an activating group) is 1. The van der Waals surface area contributed by atoms with E-state index in [1.807, 2.05) is 34.6 Å². The first kappa shape index (κ1) is 16.4. The highest BCUT2D eigenvalue weighted by atomic mass is 79.9. The molecule has 1 unspecified atom stereocenters. The smallest absolute Gasteiger partial charge is 0.239 e. The number of amides is 2. The van der Waals surface area contributed by atoms with Gasteiger partial charge in [-0.2, -0.15) is 0 Å². The topological polar surface area (TPSA) is 49.4 Å². The SMILES string of the molecule is CCN(CC(=O)NC(C)C)C(=O)C(Br)C(C)C. The largest absolute Gasteiger partial charge is 0.352 e. The summed E-state index contributed by atoms with van der Waals surface area (Å²) in [6.07, 6.45) is 0. The molecule has 5 heteroatoms. The molecule has 0 radical (unpaired) electrons. The van der Waals surface area contributed by atoms with Crippen molar-refractivity contribution in [3.05, 3.63) is 0 Å². The van der Waals surface area contributed by atoms with E-state index in [0.717, 1.165) is 0 Å². The molecule has 0 bridgehead atoms. The third-order valence-corrected chi connectivity index (χ3v) is 3.75. The zero-order valence-electron chi connectivity index (χ0n) is 11.3. The summed E-state index contributed by atoms with van der Waals surface area (Å²) in [6, 6.07) is 0.0983. The Bertz CT molecular complexity index is 267. The van der Waals surface area contributed by atoms with Gasteiger partial charge in [0.15, 0.2) is 0 Å². The minimum Gasteiger partial charge on any atom is -0.352 e. The fraction of sp³-hybridized carbons (Fsp3) is 0.833. The summed E-state index contributed by atoms with van der Waals surface area (Å²) in [4.78, 5) is 25.0. The summed E-state index contributed by atoms with van der Waals surface area (Å²) >= 11 is 3.37. The first-order valence-corrected chi connectivity index (χ1v) is 6.93. The van der Waals surface area contributed by atoms with E-state index in [2.05, 4.69) is 21.2 Å². The molecule has 0 fully saturated rings. The van der Waals surface area contributed by atoms with E-state index in [4.69, 9.17) is 0 Å². The molecule has 1 atom stereocenters. The van der Waals surface area contributed by atoms with Crippen LogP contribution in [0, 0.1) is 5.92 Å². The molecular weight excluding hydrogens is 284 g/mol. The molecule has 17 heavy (non-hydrogen) atoms. The zero-order valence-corrected chi connectivity index (χ0v) is 12.9. The molecule has 0 aromatic heterocycles. The maximum atomic E-state index is 12.0. The van der Waals surface area contributed by atoms with Crippen LogP contribution in [0.25, 0.3) is 0 Å². The lowest BCUT2D eigenvalue weighted by molar-refractivity contribution is -0.136. The third kappa shape index (κ3) is 6.05. The molecule has 0 aliphatic heterocycles. The van der Waals surface area contributed by atoms with Crippen LogP contribution in [0.2, 0.25) is 0 Å². The van der Waals surface area contributed by atoms with Crippen LogP contribution in [0.1, 0.15) is 34.6 Å². The van der Waals surface area contributed by atoms with E-state index in [-0.39, 0.29) is 35.1 Å². The molecule has 0 heterocycles. The molecule has 0 aromatic rings. The number of hydrogen-bond donors (Lipinski definition) is 1. The Morgan fingerprint density at radius 3 is 2.12 bits per heavy atom.